The van der Waals surface area contributed by atoms with Crippen LogP contribution in [0.5, 0.6) is 0 Å². The van der Waals surface area contributed by atoms with E-state index in [2.05, 4.69) is 24.1 Å². The number of thiazole rings is 1. The molecular formula is C13H23N3O2S. The number of nitrogens with one attached hydrogen (secondary N) is 1. The van der Waals surface area contributed by atoms with E-state index in [1.165, 1.54) is 4.88 Å². The predicted octanol–water partition coefficient (Wildman–Crippen LogP) is 1.41. The smallest absolute Gasteiger partial charge is 0.186 e. The molecule has 0 saturated carbocycles. The topological polar surface area (TPSA) is 46.6 Å². The van der Waals surface area contributed by atoms with E-state index < -0.39 is 0 Å². The summed E-state index contributed by atoms with van der Waals surface area (Å²) in [7, 11) is 1.72. The first kappa shape index (κ1) is 14.7. The Bertz CT molecular complexity index is 397. The molecule has 0 aliphatic carbocycles. The van der Waals surface area contributed by atoms with E-state index in [9.17, 15) is 0 Å². The first-order chi connectivity index (χ1) is 9.22. The number of ether oxygens (including phenoxy) is 2. The average molecular weight is 285 g/mol. The van der Waals surface area contributed by atoms with Crippen LogP contribution in [0, 0.1) is 6.92 Å². The van der Waals surface area contributed by atoms with Gasteiger partial charge in [-0.05, 0) is 13.8 Å². The summed E-state index contributed by atoms with van der Waals surface area (Å²) < 4.78 is 10.5. The third-order valence-corrected chi connectivity index (χ3v) is 4.46. The van der Waals surface area contributed by atoms with Crippen LogP contribution in [0.25, 0.3) is 0 Å². The van der Waals surface area contributed by atoms with Crippen molar-refractivity contribution in [3.8, 4) is 0 Å². The van der Waals surface area contributed by atoms with Crippen molar-refractivity contribution in [1.82, 2.24) is 10.3 Å². The van der Waals surface area contributed by atoms with Gasteiger partial charge in [-0.2, -0.15) is 0 Å². The second-order valence-corrected chi connectivity index (χ2v) is 5.85. The van der Waals surface area contributed by atoms with Gasteiger partial charge in [-0.25, -0.2) is 4.98 Å². The second kappa shape index (κ2) is 7.19. The maximum absolute atomic E-state index is 5.47. The average Bonchev–Trinajstić information content (AvgIpc) is 2.77. The molecule has 1 aliphatic rings. The first-order valence-corrected chi connectivity index (χ1v) is 7.54. The number of rotatable bonds is 6. The minimum absolute atomic E-state index is 0.411. The van der Waals surface area contributed by atoms with Gasteiger partial charge in [-0.15, -0.1) is 11.3 Å². The number of hydrogen-bond donors (Lipinski definition) is 1. The molecule has 1 fully saturated rings. The van der Waals surface area contributed by atoms with E-state index >= 15 is 0 Å². The lowest BCUT2D eigenvalue weighted by Gasteiger charge is -2.32. The highest BCUT2D eigenvalue weighted by Gasteiger charge is 2.22. The zero-order chi connectivity index (χ0) is 13.7. The van der Waals surface area contributed by atoms with Crippen LogP contribution in [-0.4, -0.2) is 51.0 Å². The molecule has 108 valence electrons. The normalized spacial score (nSPS) is 19.9. The van der Waals surface area contributed by atoms with Gasteiger partial charge in [0, 0.05) is 31.6 Å². The third-order valence-electron chi connectivity index (χ3n) is 3.26. The van der Waals surface area contributed by atoms with E-state index in [4.69, 9.17) is 14.5 Å². The fourth-order valence-electron chi connectivity index (χ4n) is 2.09. The molecule has 0 radical (unpaired) electrons. The van der Waals surface area contributed by atoms with Crippen molar-refractivity contribution in [3.63, 3.8) is 0 Å². The Kier molecular flexibility index (Phi) is 5.57. The van der Waals surface area contributed by atoms with Crippen LogP contribution in [0.1, 0.15) is 17.5 Å². The van der Waals surface area contributed by atoms with E-state index in [1.807, 2.05) is 0 Å². The minimum atomic E-state index is 0.411. The molecule has 0 amide bonds. The molecule has 1 unspecified atom stereocenters. The summed E-state index contributed by atoms with van der Waals surface area (Å²) in [5.74, 6) is 0. The molecular weight excluding hydrogens is 262 g/mol. The molecule has 1 saturated heterocycles. The van der Waals surface area contributed by atoms with Crippen molar-refractivity contribution in [2.24, 2.45) is 0 Å². The Morgan fingerprint density at radius 2 is 2.42 bits per heavy atom. The van der Waals surface area contributed by atoms with Crippen molar-refractivity contribution < 1.29 is 9.47 Å². The summed E-state index contributed by atoms with van der Waals surface area (Å²) in [5, 5.41) is 4.50. The number of hydrogen-bond acceptors (Lipinski definition) is 6. The fraction of sp³-hybridized carbons (Fsp3) is 0.769. The highest BCUT2D eigenvalue weighted by Crippen LogP contribution is 2.28. The van der Waals surface area contributed by atoms with E-state index in [0.29, 0.717) is 6.04 Å². The highest BCUT2D eigenvalue weighted by atomic mass is 32.1. The van der Waals surface area contributed by atoms with Crippen molar-refractivity contribution >= 4 is 16.5 Å². The summed E-state index contributed by atoms with van der Waals surface area (Å²) in [6.45, 7) is 9.27. The summed E-state index contributed by atoms with van der Waals surface area (Å²) >= 11 is 1.78. The molecule has 6 heteroatoms. The van der Waals surface area contributed by atoms with Crippen molar-refractivity contribution in [2.45, 2.75) is 26.4 Å². The van der Waals surface area contributed by atoms with Gasteiger partial charge < -0.3 is 19.7 Å². The lowest BCUT2D eigenvalue weighted by Crippen LogP contribution is -2.43. The van der Waals surface area contributed by atoms with Crippen LogP contribution in [0.2, 0.25) is 0 Å². The van der Waals surface area contributed by atoms with Gasteiger partial charge in [0.05, 0.1) is 31.6 Å². The summed E-state index contributed by atoms with van der Waals surface area (Å²) in [6, 6.07) is 0.411. The van der Waals surface area contributed by atoms with Gasteiger partial charge in [0.25, 0.3) is 0 Å². The van der Waals surface area contributed by atoms with Gasteiger partial charge in [-0.1, -0.05) is 0 Å². The molecule has 0 bridgehead atoms. The SMILES string of the molecule is COCCNCc1sc(N2CCOCC2C)nc1C. The van der Waals surface area contributed by atoms with Gasteiger partial charge in [0.1, 0.15) is 0 Å². The molecule has 1 aliphatic heterocycles. The quantitative estimate of drug-likeness (QED) is 0.801. The predicted molar refractivity (Wildman–Crippen MR) is 78.1 cm³/mol. The number of aryl methyl sites for hydroxylation is 1. The molecule has 19 heavy (non-hydrogen) atoms. The molecule has 1 aromatic heterocycles. The second-order valence-electron chi connectivity index (χ2n) is 4.79. The number of morpholine rings is 1. The van der Waals surface area contributed by atoms with Crippen LogP contribution in [0.15, 0.2) is 0 Å². The zero-order valence-corrected chi connectivity index (χ0v) is 12.8. The van der Waals surface area contributed by atoms with Crippen molar-refractivity contribution in [1.29, 1.82) is 0 Å². The monoisotopic (exact) mass is 285 g/mol. The molecule has 1 N–H and O–H groups in total. The number of methoxy groups -OCH3 is 1. The van der Waals surface area contributed by atoms with Gasteiger partial charge >= 0.3 is 0 Å². The van der Waals surface area contributed by atoms with Crippen molar-refractivity contribution in [2.75, 3.05) is 44.9 Å². The Morgan fingerprint density at radius 1 is 1.58 bits per heavy atom. The van der Waals surface area contributed by atoms with Crippen LogP contribution in [0.3, 0.4) is 0 Å². The molecule has 2 heterocycles. The lowest BCUT2D eigenvalue weighted by atomic mass is 10.3. The van der Waals surface area contributed by atoms with Crippen molar-refractivity contribution in [3.05, 3.63) is 10.6 Å². The summed E-state index contributed by atoms with van der Waals surface area (Å²) in [5.41, 5.74) is 1.13. The first-order valence-electron chi connectivity index (χ1n) is 6.72. The number of nitrogens with zero attached hydrogens (tertiary/aromatic N) is 2. The summed E-state index contributed by atoms with van der Waals surface area (Å²) in [4.78, 5) is 8.36. The molecule has 2 rings (SSSR count). The Balaban J connectivity index is 1.95. The van der Waals surface area contributed by atoms with Gasteiger partial charge in [0.15, 0.2) is 5.13 Å². The molecule has 0 aromatic carbocycles. The Labute approximate surface area is 118 Å². The molecule has 0 spiro atoms. The van der Waals surface area contributed by atoms with Crippen LogP contribution >= 0.6 is 11.3 Å². The Hall–Kier alpha value is -0.690. The zero-order valence-electron chi connectivity index (χ0n) is 11.9. The van der Waals surface area contributed by atoms with Crippen LogP contribution in [0.4, 0.5) is 5.13 Å². The fourth-order valence-corrected chi connectivity index (χ4v) is 3.25. The maximum Gasteiger partial charge on any atom is 0.186 e. The summed E-state index contributed by atoms with van der Waals surface area (Å²) in [6.07, 6.45) is 0. The van der Waals surface area contributed by atoms with E-state index in [0.717, 1.165) is 50.3 Å². The largest absolute Gasteiger partial charge is 0.383 e. The van der Waals surface area contributed by atoms with Crippen LogP contribution < -0.4 is 10.2 Å². The molecule has 5 nitrogen and oxygen atoms in total. The highest BCUT2D eigenvalue weighted by molar-refractivity contribution is 7.15. The standard InChI is InChI=1S/C13H23N3O2S/c1-10-9-18-7-5-16(10)13-15-11(2)12(19-13)8-14-4-6-17-3/h10,14H,4-9H2,1-3H3. The van der Waals surface area contributed by atoms with E-state index in [-0.39, 0.29) is 0 Å². The number of aromatic nitrogens is 1. The number of anilines is 1. The third kappa shape index (κ3) is 3.89. The molecule has 1 aromatic rings. The van der Waals surface area contributed by atoms with Crippen LogP contribution in [-0.2, 0) is 16.0 Å². The minimum Gasteiger partial charge on any atom is -0.383 e. The lowest BCUT2D eigenvalue weighted by molar-refractivity contribution is 0.0989. The van der Waals surface area contributed by atoms with Gasteiger partial charge in [0.2, 0.25) is 0 Å². The maximum atomic E-state index is 5.47. The molecule has 1 atom stereocenters. The van der Waals surface area contributed by atoms with E-state index in [1.54, 1.807) is 18.4 Å². The van der Waals surface area contributed by atoms with Gasteiger partial charge in [-0.3, -0.25) is 0 Å². The Morgan fingerprint density at radius 3 is 3.16 bits per heavy atom.